The highest BCUT2D eigenvalue weighted by Crippen LogP contribution is 2.17. The Morgan fingerprint density at radius 1 is 1.50 bits per heavy atom. The highest BCUT2D eigenvalue weighted by Gasteiger charge is 2.28. The minimum Gasteiger partial charge on any atom is -0.478 e. The molecule has 1 amide bonds. The maximum Gasteiger partial charge on any atom is 0.335 e. The lowest BCUT2D eigenvalue weighted by Crippen LogP contribution is -2.51. The van der Waals surface area contributed by atoms with Crippen molar-refractivity contribution in [1.82, 2.24) is 4.90 Å². The van der Waals surface area contributed by atoms with E-state index in [4.69, 9.17) is 15.6 Å². The number of carbonyl (C=O) groups is 2. The van der Waals surface area contributed by atoms with Crippen molar-refractivity contribution in [3.05, 3.63) is 35.1 Å². The van der Waals surface area contributed by atoms with Crippen molar-refractivity contribution in [1.29, 1.82) is 0 Å². The van der Waals surface area contributed by atoms with E-state index in [0.717, 1.165) is 6.07 Å². The molecule has 0 aliphatic carbocycles. The second kappa shape index (κ2) is 5.98. The Bertz CT molecular complexity index is 535. The van der Waals surface area contributed by atoms with Crippen LogP contribution in [0.2, 0.25) is 0 Å². The third-order valence-electron chi connectivity index (χ3n) is 3.23. The van der Waals surface area contributed by atoms with E-state index in [-0.39, 0.29) is 24.3 Å². The van der Waals surface area contributed by atoms with Crippen LogP contribution in [-0.4, -0.2) is 47.7 Å². The smallest absolute Gasteiger partial charge is 0.335 e. The first-order chi connectivity index (χ1) is 9.49. The largest absolute Gasteiger partial charge is 0.478 e. The van der Waals surface area contributed by atoms with Crippen molar-refractivity contribution >= 4 is 11.9 Å². The monoisotopic (exact) mass is 282 g/mol. The van der Waals surface area contributed by atoms with E-state index in [1.807, 2.05) is 0 Å². The maximum atomic E-state index is 13.7. The van der Waals surface area contributed by atoms with Crippen LogP contribution in [0.4, 0.5) is 4.39 Å². The van der Waals surface area contributed by atoms with Crippen LogP contribution in [0.1, 0.15) is 15.9 Å². The van der Waals surface area contributed by atoms with Gasteiger partial charge in [-0.05, 0) is 18.2 Å². The van der Waals surface area contributed by atoms with E-state index in [9.17, 15) is 14.0 Å². The summed E-state index contributed by atoms with van der Waals surface area (Å²) in [5.41, 5.74) is 5.50. The lowest BCUT2D eigenvalue weighted by Gasteiger charge is -2.33. The SMILES string of the molecule is NC(=O)C1COCCN1Cc1cc(C(=O)O)ccc1F. The molecule has 6 nitrogen and oxygen atoms in total. The molecular weight excluding hydrogens is 267 g/mol. The van der Waals surface area contributed by atoms with Gasteiger partial charge in [-0.25, -0.2) is 9.18 Å². The number of rotatable bonds is 4. The van der Waals surface area contributed by atoms with Crippen molar-refractivity contribution in [3.63, 3.8) is 0 Å². The highest BCUT2D eigenvalue weighted by molar-refractivity contribution is 5.87. The molecule has 7 heteroatoms. The Morgan fingerprint density at radius 3 is 2.90 bits per heavy atom. The molecule has 1 aliphatic heterocycles. The van der Waals surface area contributed by atoms with E-state index in [0.29, 0.717) is 13.2 Å². The van der Waals surface area contributed by atoms with Gasteiger partial charge in [0.15, 0.2) is 0 Å². The van der Waals surface area contributed by atoms with E-state index in [2.05, 4.69) is 0 Å². The molecule has 1 aromatic rings. The zero-order chi connectivity index (χ0) is 14.7. The van der Waals surface area contributed by atoms with Crippen molar-refractivity contribution in [3.8, 4) is 0 Å². The molecule has 108 valence electrons. The Balaban J connectivity index is 2.21. The van der Waals surface area contributed by atoms with Gasteiger partial charge in [-0.15, -0.1) is 0 Å². The van der Waals surface area contributed by atoms with E-state index in [1.165, 1.54) is 12.1 Å². The average Bonchev–Trinajstić information content (AvgIpc) is 2.41. The Morgan fingerprint density at radius 2 is 2.25 bits per heavy atom. The van der Waals surface area contributed by atoms with Crippen LogP contribution in [0, 0.1) is 5.82 Å². The van der Waals surface area contributed by atoms with Gasteiger partial charge in [0, 0.05) is 18.7 Å². The molecule has 1 atom stereocenters. The summed E-state index contributed by atoms with van der Waals surface area (Å²) >= 11 is 0. The molecule has 1 saturated heterocycles. The Kier molecular flexibility index (Phi) is 4.31. The predicted octanol–water partition coefficient (Wildman–Crippen LogP) is 0.210. The molecule has 0 bridgehead atoms. The number of amides is 1. The lowest BCUT2D eigenvalue weighted by molar-refractivity contribution is -0.129. The van der Waals surface area contributed by atoms with Crippen LogP contribution in [0.5, 0.6) is 0 Å². The molecule has 1 heterocycles. The van der Waals surface area contributed by atoms with Gasteiger partial charge in [0.2, 0.25) is 5.91 Å². The number of nitrogens with two attached hydrogens (primary N) is 1. The summed E-state index contributed by atoms with van der Waals surface area (Å²) in [7, 11) is 0. The van der Waals surface area contributed by atoms with Gasteiger partial charge in [0.05, 0.1) is 18.8 Å². The summed E-state index contributed by atoms with van der Waals surface area (Å²) in [6.07, 6.45) is 0. The van der Waals surface area contributed by atoms with Gasteiger partial charge in [-0.1, -0.05) is 0 Å². The zero-order valence-electron chi connectivity index (χ0n) is 10.7. The van der Waals surface area contributed by atoms with Gasteiger partial charge in [0.25, 0.3) is 0 Å². The standard InChI is InChI=1S/C13H15FN2O4/c14-10-2-1-8(13(18)19)5-9(10)6-16-3-4-20-7-11(16)12(15)17/h1-2,5,11H,3-4,6-7H2,(H2,15,17)(H,18,19). The number of benzene rings is 1. The number of nitrogens with zero attached hydrogens (tertiary/aromatic N) is 1. The summed E-state index contributed by atoms with van der Waals surface area (Å²) in [5.74, 6) is -2.18. The molecule has 0 radical (unpaired) electrons. The first-order valence-corrected chi connectivity index (χ1v) is 6.12. The predicted molar refractivity (Wildman–Crippen MR) is 67.6 cm³/mol. The van der Waals surface area contributed by atoms with Crippen molar-refractivity contribution in [2.45, 2.75) is 12.6 Å². The number of carboxylic acid groups (broad SMARTS) is 1. The second-order valence-corrected chi connectivity index (χ2v) is 4.57. The van der Waals surface area contributed by atoms with Crippen molar-refractivity contribution in [2.75, 3.05) is 19.8 Å². The minimum atomic E-state index is -1.13. The van der Waals surface area contributed by atoms with Crippen LogP contribution in [0.25, 0.3) is 0 Å². The topological polar surface area (TPSA) is 92.9 Å². The van der Waals surface area contributed by atoms with Gasteiger partial charge in [-0.2, -0.15) is 0 Å². The quantitative estimate of drug-likeness (QED) is 0.823. The van der Waals surface area contributed by atoms with Crippen molar-refractivity contribution in [2.24, 2.45) is 5.73 Å². The number of hydrogen-bond donors (Lipinski definition) is 2. The molecule has 1 unspecified atom stereocenters. The fourth-order valence-electron chi connectivity index (χ4n) is 2.14. The lowest BCUT2D eigenvalue weighted by atomic mass is 10.1. The van der Waals surface area contributed by atoms with Gasteiger partial charge >= 0.3 is 5.97 Å². The van der Waals surface area contributed by atoms with E-state index >= 15 is 0 Å². The van der Waals surface area contributed by atoms with Crippen LogP contribution in [0.3, 0.4) is 0 Å². The second-order valence-electron chi connectivity index (χ2n) is 4.57. The third-order valence-corrected chi connectivity index (χ3v) is 3.23. The normalized spacial score (nSPS) is 19.8. The van der Waals surface area contributed by atoms with Gasteiger partial charge in [-0.3, -0.25) is 9.69 Å². The van der Waals surface area contributed by atoms with Crippen LogP contribution < -0.4 is 5.73 Å². The number of carboxylic acids is 1. The first kappa shape index (κ1) is 14.4. The molecule has 0 spiro atoms. The molecule has 0 aromatic heterocycles. The fourth-order valence-corrected chi connectivity index (χ4v) is 2.14. The van der Waals surface area contributed by atoms with E-state index < -0.39 is 23.7 Å². The number of morpholine rings is 1. The third kappa shape index (κ3) is 3.12. The Hall–Kier alpha value is -1.99. The minimum absolute atomic E-state index is 0.00489. The molecule has 1 aliphatic rings. The Labute approximate surface area is 114 Å². The van der Waals surface area contributed by atoms with Crippen LogP contribution >= 0.6 is 0 Å². The number of halogens is 1. The van der Waals surface area contributed by atoms with Crippen LogP contribution in [0.15, 0.2) is 18.2 Å². The van der Waals surface area contributed by atoms with Crippen LogP contribution in [-0.2, 0) is 16.1 Å². The van der Waals surface area contributed by atoms with Gasteiger partial charge in [0.1, 0.15) is 11.9 Å². The maximum absolute atomic E-state index is 13.7. The first-order valence-electron chi connectivity index (χ1n) is 6.12. The summed E-state index contributed by atoms with van der Waals surface area (Å²) < 4.78 is 18.9. The molecule has 1 fully saturated rings. The molecule has 20 heavy (non-hydrogen) atoms. The molecule has 0 saturated carbocycles. The number of aromatic carboxylic acids is 1. The van der Waals surface area contributed by atoms with Crippen molar-refractivity contribution < 1.29 is 23.8 Å². The number of carbonyl (C=O) groups excluding carboxylic acids is 1. The number of hydrogen-bond acceptors (Lipinski definition) is 4. The summed E-state index contributed by atoms with van der Waals surface area (Å²) in [6.45, 7) is 1.13. The van der Waals surface area contributed by atoms with E-state index in [1.54, 1.807) is 4.90 Å². The zero-order valence-corrected chi connectivity index (χ0v) is 10.7. The fraction of sp³-hybridized carbons (Fsp3) is 0.385. The summed E-state index contributed by atoms with van der Waals surface area (Å²) in [6, 6.07) is 2.95. The molecule has 2 rings (SSSR count). The van der Waals surface area contributed by atoms with Gasteiger partial charge < -0.3 is 15.6 Å². The highest BCUT2D eigenvalue weighted by atomic mass is 19.1. The molecule has 1 aromatic carbocycles. The number of primary amides is 1. The average molecular weight is 282 g/mol. The molecular formula is C13H15FN2O4. The summed E-state index contributed by atoms with van der Waals surface area (Å²) in [4.78, 5) is 23.9. The summed E-state index contributed by atoms with van der Waals surface area (Å²) in [5, 5.41) is 8.92. The number of ether oxygens (including phenoxy) is 1. The molecule has 3 N–H and O–H groups in total.